The average molecular weight is 925 g/mol. The molecule has 3 aliphatic rings. The number of hydrogen-bond acceptors (Lipinski definition) is 10. The molecule has 6 rings (SSSR count). The first kappa shape index (κ1) is 49.4. The number of anilines is 2. The molecule has 0 spiro atoms. The van der Waals surface area contributed by atoms with E-state index in [2.05, 4.69) is 39.1 Å². The smallest absolute Gasteiger partial charge is 0.405 e. The number of rotatable bonds is 12. The molecular weight excluding hydrogens is 863 g/mol. The van der Waals surface area contributed by atoms with Crippen molar-refractivity contribution in [2.45, 2.75) is 106 Å². The summed E-state index contributed by atoms with van der Waals surface area (Å²) < 4.78 is 51.0. The predicted molar refractivity (Wildman–Crippen MR) is 246 cm³/mol. The average Bonchev–Trinajstić information content (AvgIpc) is 3.53. The van der Waals surface area contributed by atoms with Gasteiger partial charge in [0.25, 0.3) is 5.91 Å². The summed E-state index contributed by atoms with van der Waals surface area (Å²) in [6, 6.07) is 11.7. The molecule has 2 fully saturated rings. The van der Waals surface area contributed by atoms with Gasteiger partial charge in [-0.2, -0.15) is 0 Å². The molecule has 2 aromatic carbocycles. The van der Waals surface area contributed by atoms with Crippen molar-refractivity contribution in [1.82, 2.24) is 20.1 Å². The molecule has 3 amide bonds. The van der Waals surface area contributed by atoms with Crippen LogP contribution >= 0.6 is 11.6 Å². The van der Waals surface area contributed by atoms with Crippen LogP contribution in [0.15, 0.2) is 65.9 Å². The number of pyridine rings is 1. The van der Waals surface area contributed by atoms with Crippen LogP contribution in [-0.2, 0) is 14.3 Å². The van der Waals surface area contributed by atoms with Gasteiger partial charge in [0.15, 0.2) is 0 Å². The molecule has 6 atom stereocenters. The van der Waals surface area contributed by atoms with Crippen molar-refractivity contribution >= 4 is 52.1 Å². The van der Waals surface area contributed by atoms with Crippen molar-refractivity contribution < 1.29 is 42.1 Å². The third kappa shape index (κ3) is 11.9. The maximum atomic E-state index is 13.9. The number of aliphatic hydroxyl groups excluding tert-OH is 1. The number of hydrogen-bond donors (Lipinski definition) is 3. The summed E-state index contributed by atoms with van der Waals surface area (Å²) >= 11 is 6.64. The van der Waals surface area contributed by atoms with Crippen molar-refractivity contribution in [3.63, 3.8) is 0 Å². The lowest BCUT2D eigenvalue weighted by Gasteiger charge is -2.42. The summed E-state index contributed by atoms with van der Waals surface area (Å²) in [4.78, 5) is 55.4. The number of aromatic nitrogens is 1. The molecule has 0 saturated carbocycles. The van der Waals surface area contributed by atoms with Crippen LogP contribution in [0.1, 0.15) is 90.6 Å². The van der Waals surface area contributed by atoms with E-state index in [0.29, 0.717) is 44.0 Å². The van der Waals surface area contributed by atoms with Crippen molar-refractivity contribution in [2.24, 2.45) is 28.2 Å². The third-order valence-corrected chi connectivity index (χ3v) is 12.6. The van der Waals surface area contributed by atoms with E-state index in [1.165, 1.54) is 19.4 Å². The minimum atomic E-state index is -5.04. The highest BCUT2D eigenvalue weighted by Gasteiger charge is 2.42. The molecule has 3 aromatic rings. The van der Waals surface area contributed by atoms with Crippen LogP contribution in [0.3, 0.4) is 0 Å². The van der Waals surface area contributed by atoms with Gasteiger partial charge in [0, 0.05) is 74.5 Å². The van der Waals surface area contributed by atoms with E-state index in [4.69, 9.17) is 21.3 Å². The summed E-state index contributed by atoms with van der Waals surface area (Å²) in [6.45, 7) is 17.9. The van der Waals surface area contributed by atoms with Crippen LogP contribution in [0.2, 0.25) is 5.02 Å². The van der Waals surface area contributed by atoms with E-state index in [1.807, 2.05) is 69.7 Å². The highest BCUT2D eigenvalue weighted by atomic mass is 35.5. The fourth-order valence-corrected chi connectivity index (χ4v) is 9.02. The fraction of sp³-hybridized carbons (Fsp3) is 0.521. The molecule has 3 aliphatic heterocycles. The number of methoxy groups -OCH3 is 1. The normalized spacial score (nSPS) is 21.7. The zero-order chi connectivity index (χ0) is 47.5. The summed E-state index contributed by atoms with van der Waals surface area (Å²) in [6.07, 6.45) is -0.925. The minimum absolute atomic E-state index is 0.00510. The van der Waals surface area contributed by atoms with Crippen LogP contribution in [-0.4, -0.2) is 108 Å². The number of aliphatic hydroxyl groups is 1. The van der Waals surface area contributed by atoms with Gasteiger partial charge in [-0.3, -0.25) is 24.7 Å². The summed E-state index contributed by atoms with van der Waals surface area (Å²) in [7, 11) is 1.36. The molecule has 6 unspecified atom stereocenters. The maximum absolute atomic E-state index is 13.9. The van der Waals surface area contributed by atoms with Crippen molar-refractivity contribution in [1.29, 1.82) is 0 Å². The van der Waals surface area contributed by atoms with E-state index in [9.17, 15) is 32.7 Å². The molecule has 352 valence electrons. The number of alkyl halides is 3. The highest BCUT2D eigenvalue weighted by Crippen LogP contribution is 2.41. The Balaban J connectivity index is 1.18. The number of allylic oxidation sites excluding steroid dienone is 1. The second kappa shape index (κ2) is 20.2. The van der Waals surface area contributed by atoms with Crippen LogP contribution in [0.5, 0.6) is 5.75 Å². The molecule has 4 heterocycles. The Morgan fingerprint density at radius 1 is 0.969 bits per heavy atom. The van der Waals surface area contributed by atoms with Crippen molar-refractivity contribution in [3.05, 3.63) is 77.1 Å². The molecule has 17 heteroatoms. The van der Waals surface area contributed by atoms with Crippen molar-refractivity contribution in [3.8, 4) is 16.9 Å². The van der Waals surface area contributed by atoms with Gasteiger partial charge in [-0.25, -0.2) is 4.98 Å². The van der Waals surface area contributed by atoms with Gasteiger partial charge >= 0.3 is 6.36 Å². The first-order valence-corrected chi connectivity index (χ1v) is 22.5. The van der Waals surface area contributed by atoms with Crippen LogP contribution < -0.4 is 20.3 Å². The first-order chi connectivity index (χ1) is 30.5. The summed E-state index contributed by atoms with van der Waals surface area (Å²) in [5.41, 5.74) is 2.73. The molecule has 13 nitrogen and oxygen atoms in total. The molecule has 0 aliphatic carbocycles. The largest absolute Gasteiger partial charge is 0.573 e. The topological polar surface area (TPSA) is 149 Å². The number of piperazine rings is 1. The summed E-state index contributed by atoms with van der Waals surface area (Å²) in [5, 5.41) is 15.6. The van der Waals surface area contributed by atoms with Crippen LogP contribution in [0.4, 0.5) is 24.7 Å². The number of carbonyl (C=O) groups excluding carboxylic acids is 3. The third-order valence-electron chi connectivity index (χ3n) is 12.3. The molecule has 3 N–H and O–H groups in total. The van der Waals surface area contributed by atoms with Gasteiger partial charge in [0.2, 0.25) is 18.2 Å². The van der Waals surface area contributed by atoms with Gasteiger partial charge in [0.05, 0.1) is 28.4 Å². The fourth-order valence-electron chi connectivity index (χ4n) is 8.81. The first-order valence-electron chi connectivity index (χ1n) is 22.1. The van der Waals surface area contributed by atoms with E-state index in [1.54, 1.807) is 24.3 Å². The number of ether oxygens (including phenoxy) is 2. The number of amides is 3. The lowest BCUT2D eigenvalue weighted by molar-refractivity contribution is -0.274. The Bertz CT molecular complexity index is 2260. The lowest BCUT2D eigenvalue weighted by Crippen LogP contribution is -2.56. The predicted octanol–water partition coefficient (Wildman–Crippen LogP) is 8.62. The number of benzene rings is 2. The van der Waals surface area contributed by atoms with Gasteiger partial charge in [-0.05, 0) is 78.8 Å². The standard InChI is InChI=1S/C48H61ClF3N7O6/c1-27(2)41(56-46(63)64-9)44(61)59-25-28(3)20-38(59)42-29(4)10-11-33(23-54-42)31-12-14-32(15-13-31)35-21-36(49)37(22-39(35)65-48(50,51)52)55-43(60)34-16-17-40(53-24-34)58-19-18-57(26-30(58)5)45(62)47(6,7)8/h12-17,21-24,27-30,38,41,46,56,63H,10-11,18-20,25-26H2,1-9H3,(H,55,60). The second-order valence-corrected chi connectivity index (χ2v) is 19.2. The van der Waals surface area contributed by atoms with Gasteiger partial charge in [0.1, 0.15) is 11.6 Å². The molecule has 0 radical (unpaired) electrons. The summed E-state index contributed by atoms with van der Waals surface area (Å²) in [5.74, 6) is -0.404. The van der Waals surface area contributed by atoms with Gasteiger partial charge in [-0.1, -0.05) is 84.3 Å². The number of nitrogens with one attached hydrogen (secondary N) is 2. The number of aliphatic imine (C=N–C) groups is 1. The zero-order valence-corrected chi connectivity index (χ0v) is 39.3. The number of halogens is 4. The number of likely N-dealkylation sites (tertiary alicyclic amines) is 1. The van der Waals surface area contributed by atoms with E-state index in [0.717, 1.165) is 35.8 Å². The highest BCUT2D eigenvalue weighted by molar-refractivity contribution is 6.34. The van der Waals surface area contributed by atoms with Crippen LogP contribution in [0.25, 0.3) is 16.7 Å². The Morgan fingerprint density at radius 3 is 2.26 bits per heavy atom. The molecule has 1 aromatic heterocycles. The Hall–Kier alpha value is -5.03. The molecule has 2 saturated heterocycles. The lowest BCUT2D eigenvalue weighted by atomic mass is 9.90. The minimum Gasteiger partial charge on any atom is -0.405 e. The van der Waals surface area contributed by atoms with E-state index >= 15 is 0 Å². The molecule has 0 bridgehead atoms. The van der Waals surface area contributed by atoms with E-state index in [-0.39, 0.29) is 63.5 Å². The van der Waals surface area contributed by atoms with Gasteiger partial charge < -0.3 is 34.6 Å². The number of nitrogens with zero attached hydrogens (tertiary/aromatic N) is 5. The van der Waals surface area contributed by atoms with Crippen LogP contribution in [0, 0.1) is 23.2 Å². The second-order valence-electron chi connectivity index (χ2n) is 18.8. The van der Waals surface area contributed by atoms with Gasteiger partial charge in [-0.15, -0.1) is 13.2 Å². The molecular formula is C48H61ClF3N7O6. The van der Waals surface area contributed by atoms with Crippen molar-refractivity contribution in [2.75, 3.05) is 43.5 Å². The maximum Gasteiger partial charge on any atom is 0.573 e. The zero-order valence-electron chi connectivity index (χ0n) is 38.5. The Labute approximate surface area is 384 Å². The SMILES string of the molecule is COC(O)NC(C(=O)N1CC(C)CC1C1=NC=C(c2ccc(-c3cc(Cl)c(NC(=O)c4ccc(N5CCN(C(=O)C(C)(C)C)CC5C)nc4)cc3OC(F)(F)F)cc2)CCC1C)C(C)C. The number of carbonyl (C=O) groups is 3. The van der Waals surface area contributed by atoms with E-state index < -0.39 is 35.9 Å². The monoisotopic (exact) mass is 923 g/mol. The Kier molecular flexibility index (Phi) is 15.4. The quantitative estimate of drug-likeness (QED) is 0.152. The molecule has 65 heavy (non-hydrogen) atoms. The Morgan fingerprint density at radius 2 is 1.66 bits per heavy atom.